The lowest BCUT2D eigenvalue weighted by atomic mass is 10.0. The SMILES string of the molecule is C=CCON=C(C(=O)NC1C(=O)N2C(C(=O)O)=C(CS/C=C\c3cccnc3)CS[C@H]12)c1nsc(N)n1. The number of hydrogen-bond acceptors (Lipinski definition) is 12. The molecule has 1 saturated heterocycles. The number of carboxylic acids is 1. The molecule has 2 atom stereocenters. The zero-order valence-corrected chi connectivity index (χ0v) is 21.6. The first-order chi connectivity index (χ1) is 17.9. The largest absolute Gasteiger partial charge is 0.477 e. The topological polar surface area (TPSA) is 173 Å². The first kappa shape index (κ1) is 26.4. The number of fused-ring (bicyclic) bond motifs is 1. The summed E-state index contributed by atoms with van der Waals surface area (Å²) < 4.78 is 3.98. The Labute approximate surface area is 223 Å². The van der Waals surface area contributed by atoms with Crippen molar-refractivity contribution in [1.29, 1.82) is 0 Å². The van der Waals surface area contributed by atoms with Crippen molar-refractivity contribution in [3.05, 3.63) is 65.2 Å². The number of nitrogens with zero attached hydrogens (tertiary/aromatic N) is 5. The van der Waals surface area contributed by atoms with E-state index >= 15 is 0 Å². The van der Waals surface area contributed by atoms with Crippen LogP contribution in [-0.2, 0) is 19.2 Å². The molecular formula is C22H21N7O5S3. The molecule has 12 nitrogen and oxygen atoms in total. The number of oxime groups is 1. The van der Waals surface area contributed by atoms with E-state index in [0.717, 1.165) is 17.1 Å². The van der Waals surface area contributed by atoms with Gasteiger partial charge in [-0.15, -0.1) is 23.5 Å². The summed E-state index contributed by atoms with van der Waals surface area (Å²) in [6.07, 6.45) is 6.72. The zero-order chi connectivity index (χ0) is 26.4. The van der Waals surface area contributed by atoms with Gasteiger partial charge in [0.2, 0.25) is 11.5 Å². The van der Waals surface area contributed by atoms with Crippen molar-refractivity contribution in [2.24, 2.45) is 5.16 Å². The minimum atomic E-state index is -1.20. The number of pyridine rings is 1. The Morgan fingerprint density at radius 3 is 2.97 bits per heavy atom. The van der Waals surface area contributed by atoms with Crippen molar-refractivity contribution in [2.45, 2.75) is 11.4 Å². The van der Waals surface area contributed by atoms with E-state index in [-0.39, 0.29) is 29.0 Å². The fraction of sp³-hybridized carbons (Fsp3) is 0.227. The normalized spacial score (nSPS) is 19.4. The second-order valence-corrected chi connectivity index (χ2v) is 10.3. The number of β-lactam (4-membered cyclic amide) rings is 1. The van der Waals surface area contributed by atoms with Crippen molar-refractivity contribution in [3.63, 3.8) is 0 Å². The van der Waals surface area contributed by atoms with Crippen LogP contribution in [0.1, 0.15) is 11.4 Å². The molecule has 15 heteroatoms. The standard InChI is InChI=1S/C22H21N7O5S3/c1-2-7-34-27-14(17-26-22(23)37-28-17)18(30)25-15-19(31)29-16(21(32)33)13(11-36-20(15)29)10-35-8-5-12-4-3-6-24-9-12/h2-6,8-9,15,20H,1,7,10-11H2,(H,25,30)(H,32,33)(H2,23,26,28)/b8-5-,27-14?/t15?,20-/m1/s1. The number of thioether (sulfide) groups is 2. The van der Waals surface area contributed by atoms with E-state index in [1.165, 1.54) is 34.5 Å². The lowest BCUT2D eigenvalue weighted by Crippen LogP contribution is -2.71. The molecule has 2 aliphatic rings. The molecule has 0 aliphatic carbocycles. The highest BCUT2D eigenvalue weighted by molar-refractivity contribution is 8.02. The van der Waals surface area contributed by atoms with E-state index in [2.05, 4.69) is 31.4 Å². The molecule has 2 aromatic rings. The smallest absolute Gasteiger partial charge is 0.352 e. The summed E-state index contributed by atoms with van der Waals surface area (Å²) in [7, 11) is 0. The van der Waals surface area contributed by atoms with Crippen molar-refractivity contribution in [2.75, 3.05) is 23.8 Å². The molecule has 1 unspecified atom stereocenters. The number of hydrogen-bond donors (Lipinski definition) is 3. The highest BCUT2D eigenvalue weighted by Crippen LogP contribution is 2.41. The molecule has 0 aromatic carbocycles. The summed E-state index contributed by atoms with van der Waals surface area (Å²) in [5.74, 6) is -1.74. The van der Waals surface area contributed by atoms with Crippen LogP contribution in [-0.4, -0.2) is 77.4 Å². The van der Waals surface area contributed by atoms with Crippen LogP contribution in [0.3, 0.4) is 0 Å². The van der Waals surface area contributed by atoms with Gasteiger partial charge in [0, 0.05) is 35.4 Å². The van der Waals surface area contributed by atoms with Crippen LogP contribution >= 0.6 is 35.1 Å². The second kappa shape index (κ2) is 12.0. The van der Waals surface area contributed by atoms with Crippen molar-refractivity contribution < 1.29 is 24.3 Å². The van der Waals surface area contributed by atoms with Crippen molar-refractivity contribution >= 4 is 69.8 Å². The second-order valence-electron chi connectivity index (χ2n) is 7.50. The van der Waals surface area contributed by atoms with Gasteiger partial charge in [-0.05, 0) is 28.7 Å². The molecule has 2 aromatic heterocycles. The Morgan fingerprint density at radius 1 is 1.46 bits per heavy atom. The van der Waals surface area contributed by atoms with Gasteiger partial charge in [0.1, 0.15) is 23.7 Å². The summed E-state index contributed by atoms with van der Waals surface area (Å²) in [5, 5.41) is 17.6. The van der Waals surface area contributed by atoms with Crippen LogP contribution < -0.4 is 11.1 Å². The Kier molecular flexibility index (Phi) is 8.58. The Morgan fingerprint density at radius 2 is 2.30 bits per heavy atom. The molecule has 2 aliphatic heterocycles. The molecular weight excluding hydrogens is 538 g/mol. The third kappa shape index (κ3) is 6.00. The molecule has 4 N–H and O–H groups in total. The average molecular weight is 560 g/mol. The number of carboxylic acid groups (broad SMARTS) is 1. The number of carbonyl (C=O) groups excluding carboxylic acids is 2. The monoisotopic (exact) mass is 559 g/mol. The van der Waals surface area contributed by atoms with Gasteiger partial charge in [0.15, 0.2) is 5.13 Å². The van der Waals surface area contributed by atoms with Gasteiger partial charge in [0.25, 0.3) is 11.8 Å². The predicted octanol–water partition coefficient (Wildman–Crippen LogP) is 1.56. The number of aliphatic carboxylic acids is 1. The third-order valence-corrected chi connectivity index (χ3v) is 7.78. The van der Waals surface area contributed by atoms with Crippen LogP contribution in [0.2, 0.25) is 0 Å². The first-order valence-electron chi connectivity index (χ1n) is 10.7. The lowest BCUT2D eigenvalue weighted by molar-refractivity contribution is -0.150. The van der Waals surface area contributed by atoms with Gasteiger partial charge in [0.05, 0.1) is 0 Å². The quantitative estimate of drug-likeness (QED) is 0.120. The number of nitrogens with two attached hydrogens (primary N) is 1. The van der Waals surface area contributed by atoms with Gasteiger partial charge in [-0.3, -0.25) is 19.5 Å². The van der Waals surface area contributed by atoms with E-state index in [1.807, 2.05) is 23.6 Å². The molecule has 1 fully saturated rings. The Hall–Kier alpha value is -3.69. The number of aromatic nitrogens is 3. The van der Waals surface area contributed by atoms with E-state index in [1.54, 1.807) is 12.4 Å². The number of amides is 2. The van der Waals surface area contributed by atoms with Crippen molar-refractivity contribution in [3.8, 4) is 0 Å². The number of nitrogens with one attached hydrogen (secondary N) is 1. The maximum absolute atomic E-state index is 13.0. The number of anilines is 1. The molecule has 0 spiro atoms. The summed E-state index contributed by atoms with van der Waals surface area (Å²) in [4.78, 5) is 52.2. The highest BCUT2D eigenvalue weighted by atomic mass is 32.2. The molecule has 0 radical (unpaired) electrons. The van der Waals surface area contributed by atoms with Gasteiger partial charge in [-0.2, -0.15) is 9.36 Å². The van der Waals surface area contributed by atoms with Gasteiger partial charge in [-0.25, -0.2) is 4.79 Å². The van der Waals surface area contributed by atoms with E-state index < -0.39 is 29.2 Å². The lowest BCUT2D eigenvalue weighted by Gasteiger charge is -2.49. The zero-order valence-electron chi connectivity index (χ0n) is 19.1. The van der Waals surface area contributed by atoms with Gasteiger partial charge < -0.3 is 21.0 Å². The van der Waals surface area contributed by atoms with Gasteiger partial charge >= 0.3 is 5.97 Å². The molecule has 0 bridgehead atoms. The first-order valence-corrected chi connectivity index (χ1v) is 13.6. The van der Waals surface area contributed by atoms with Crippen LogP contribution in [0.4, 0.5) is 5.13 Å². The van der Waals surface area contributed by atoms with E-state index in [9.17, 15) is 19.5 Å². The highest BCUT2D eigenvalue weighted by Gasteiger charge is 2.54. The van der Waals surface area contributed by atoms with Gasteiger partial charge in [-0.1, -0.05) is 23.9 Å². The van der Waals surface area contributed by atoms with Crippen molar-refractivity contribution in [1.82, 2.24) is 24.6 Å². The van der Waals surface area contributed by atoms with E-state index in [4.69, 9.17) is 10.6 Å². The predicted molar refractivity (Wildman–Crippen MR) is 142 cm³/mol. The molecule has 4 heterocycles. The third-order valence-electron chi connectivity index (χ3n) is 5.05. The maximum Gasteiger partial charge on any atom is 0.352 e. The fourth-order valence-electron chi connectivity index (χ4n) is 3.42. The molecule has 192 valence electrons. The maximum atomic E-state index is 13.0. The molecule has 4 rings (SSSR count). The molecule has 0 saturated carbocycles. The minimum absolute atomic E-state index is 0.0377. The number of rotatable bonds is 11. The number of carbonyl (C=O) groups is 3. The van der Waals surface area contributed by atoms with Crippen LogP contribution in [0, 0.1) is 0 Å². The summed E-state index contributed by atoms with van der Waals surface area (Å²) in [6, 6.07) is 2.78. The molecule has 2 amide bonds. The molecule has 37 heavy (non-hydrogen) atoms. The Balaban J connectivity index is 1.45. The number of nitrogen functional groups attached to an aromatic ring is 1. The fourth-order valence-corrected chi connectivity index (χ4v) is 6.12. The van der Waals surface area contributed by atoms with E-state index in [0.29, 0.717) is 17.1 Å². The van der Waals surface area contributed by atoms with Crippen LogP contribution in [0.5, 0.6) is 0 Å². The minimum Gasteiger partial charge on any atom is -0.477 e. The van der Waals surface area contributed by atoms with Crippen LogP contribution in [0.15, 0.2) is 59.0 Å². The summed E-state index contributed by atoms with van der Waals surface area (Å²) >= 11 is 3.67. The Bertz CT molecular complexity index is 1290. The van der Waals surface area contributed by atoms with Crippen LogP contribution in [0.25, 0.3) is 6.08 Å². The average Bonchev–Trinajstić information content (AvgIpc) is 3.33. The summed E-state index contributed by atoms with van der Waals surface area (Å²) in [5.41, 5.74) is 6.85. The summed E-state index contributed by atoms with van der Waals surface area (Å²) in [6.45, 7) is 3.55.